The molecule has 0 unspecified atom stereocenters. The monoisotopic (exact) mass is 205 g/mol. The van der Waals surface area contributed by atoms with Crippen LogP contribution in [0.1, 0.15) is 30.1 Å². The second kappa shape index (κ2) is 3.45. The second-order valence-electron chi connectivity index (χ2n) is 4.62. The molecular weight excluding hydrogens is 190 g/mol. The highest BCUT2D eigenvalue weighted by atomic mass is 16.1. The van der Waals surface area contributed by atoms with Crippen molar-refractivity contribution in [1.29, 1.82) is 0 Å². The first kappa shape index (κ1) is 9.09. The fourth-order valence-corrected chi connectivity index (χ4v) is 2.00. The molecule has 0 amide bonds. The van der Waals surface area contributed by atoms with Gasteiger partial charge >= 0.3 is 0 Å². The van der Waals surface area contributed by atoms with Crippen molar-refractivity contribution in [2.45, 2.75) is 25.2 Å². The Balaban J connectivity index is 1.78. The Morgan fingerprint density at radius 1 is 1.40 bits per heavy atom. The zero-order valence-corrected chi connectivity index (χ0v) is 8.62. The van der Waals surface area contributed by atoms with Crippen molar-refractivity contribution in [1.82, 2.24) is 15.3 Å². The SMILES string of the molecule is O=c1[nH]c(CC2CNC2)ncc1C1CC1. The van der Waals surface area contributed by atoms with Gasteiger partial charge in [0, 0.05) is 18.2 Å². The smallest absolute Gasteiger partial charge is 0.254 e. The lowest BCUT2D eigenvalue weighted by Crippen LogP contribution is -2.43. The minimum atomic E-state index is 0.0785. The molecule has 0 bridgehead atoms. The molecule has 4 nitrogen and oxygen atoms in total. The van der Waals surface area contributed by atoms with Crippen molar-refractivity contribution in [3.8, 4) is 0 Å². The maximum absolute atomic E-state index is 11.7. The van der Waals surface area contributed by atoms with Gasteiger partial charge in [0.15, 0.2) is 0 Å². The van der Waals surface area contributed by atoms with Crippen LogP contribution in [0.3, 0.4) is 0 Å². The van der Waals surface area contributed by atoms with Crippen LogP contribution in [0, 0.1) is 5.92 Å². The number of nitrogens with one attached hydrogen (secondary N) is 2. The first-order valence-corrected chi connectivity index (χ1v) is 5.62. The molecule has 2 N–H and O–H groups in total. The Kier molecular flexibility index (Phi) is 2.09. The van der Waals surface area contributed by atoms with Crippen LogP contribution in [-0.4, -0.2) is 23.1 Å². The van der Waals surface area contributed by atoms with Gasteiger partial charge in [0.05, 0.1) is 0 Å². The van der Waals surface area contributed by atoms with Crippen molar-refractivity contribution in [3.05, 3.63) is 27.9 Å². The zero-order chi connectivity index (χ0) is 10.3. The predicted octanol–water partition coefficient (Wildman–Crippen LogP) is 0.409. The van der Waals surface area contributed by atoms with Gasteiger partial charge in [-0.15, -0.1) is 0 Å². The lowest BCUT2D eigenvalue weighted by Gasteiger charge is -2.26. The molecule has 0 atom stereocenters. The molecule has 1 aromatic rings. The van der Waals surface area contributed by atoms with E-state index in [2.05, 4.69) is 15.3 Å². The number of rotatable bonds is 3. The minimum absolute atomic E-state index is 0.0785. The maximum atomic E-state index is 11.7. The van der Waals surface area contributed by atoms with Crippen LogP contribution in [-0.2, 0) is 6.42 Å². The van der Waals surface area contributed by atoms with E-state index in [4.69, 9.17) is 0 Å². The highest BCUT2D eigenvalue weighted by molar-refractivity contribution is 5.17. The topological polar surface area (TPSA) is 57.8 Å². The van der Waals surface area contributed by atoms with E-state index in [9.17, 15) is 4.79 Å². The van der Waals surface area contributed by atoms with Crippen LogP contribution in [0.15, 0.2) is 11.0 Å². The molecule has 1 aromatic heterocycles. The van der Waals surface area contributed by atoms with Gasteiger partial charge in [-0.2, -0.15) is 0 Å². The lowest BCUT2D eigenvalue weighted by atomic mass is 9.99. The van der Waals surface area contributed by atoms with E-state index in [0.29, 0.717) is 11.8 Å². The van der Waals surface area contributed by atoms with Gasteiger partial charge in [-0.05, 0) is 37.8 Å². The quantitative estimate of drug-likeness (QED) is 0.751. The zero-order valence-electron chi connectivity index (χ0n) is 8.62. The lowest BCUT2D eigenvalue weighted by molar-refractivity contribution is 0.340. The minimum Gasteiger partial charge on any atom is -0.316 e. The summed E-state index contributed by atoms with van der Waals surface area (Å²) < 4.78 is 0. The van der Waals surface area contributed by atoms with Crippen molar-refractivity contribution in [3.63, 3.8) is 0 Å². The highest BCUT2D eigenvalue weighted by Gasteiger charge is 2.27. The Morgan fingerprint density at radius 2 is 2.20 bits per heavy atom. The van der Waals surface area contributed by atoms with Crippen LogP contribution >= 0.6 is 0 Å². The molecule has 0 spiro atoms. The third-order valence-electron chi connectivity index (χ3n) is 3.24. The van der Waals surface area contributed by atoms with E-state index in [1.807, 2.05) is 0 Å². The van der Waals surface area contributed by atoms with Gasteiger partial charge in [-0.25, -0.2) is 4.98 Å². The van der Waals surface area contributed by atoms with Crippen LogP contribution in [0.2, 0.25) is 0 Å². The van der Waals surface area contributed by atoms with Crippen LogP contribution in [0.5, 0.6) is 0 Å². The van der Waals surface area contributed by atoms with Gasteiger partial charge in [0.25, 0.3) is 5.56 Å². The Hall–Kier alpha value is -1.16. The van der Waals surface area contributed by atoms with Crippen LogP contribution in [0.4, 0.5) is 0 Å². The standard InChI is InChI=1S/C11H15N3O/c15-11-9(8-1-2-8)6-13-10(14-11)3-7-4-12-5-7/h6-8,12H,1-5H2,(H,13,14,15). The van der Waals surface area contributed by atoms with Crippen molar-refractivity contribution in [2.24, 2.45) is 5.92 Å². The number of aromatic amines is 1. The Labute approximate surface area is 88.1 Å². The van der Waals surface area contributed by atoms with Gasteiger partial charge in [-0.1, -0.05) is 0 Å². The largest absolute Gasteiger partial charge is 0.316 e. The number of H-pyrrole nitrogens is 1. The fourth-order valence-electron chi connectivity index (χ4n) is 2.00. The molecule has 1 saturated heterocycles. The third kappa shape index (κ3) is 1.81. The summed E-state index contributed by atoms with van der Waals surface area (Å²) in [6.07, 6.45) is 4.97. The highest BCUT2D eigenvalue weighted by Crippen LogP contribution is 2.37. The molecular formula is C11H15N3O. The Morgan fingerprint density at radius 3 is 2.73 bits per heavy atom. The summed E-state index contributed by atoms with van der Waals surface area (Å²) in [6, 6.07) is 0. The van der Waals surface area contributed by atoms with Gasteiger partial charge in [-0.3, -0.25) is 4.79 Å². The Bertz CT molecular complexity index is 418. The van der Waals surface area contributed by atoms with Crippen LogP contribution in [0.25, 0.3) is 0 Å². The molecule has 1 saturated carbocycles. The van der Waals surface area contributed by atoms with Crippen molar-refractivity contribution in [2.75, 3.05) is 13.1 Å². The van der Waals surface area contributed by atoms with E-state index in [1.165, 1.54) is 0 Å². The molecule has 3 rings (SSSR count). The summed E-state index contributed by atoms with van der Waals surface area (Å²) in [7, 11) is 0. The molecule has 2 aliphatic rings. The first-order chi connectivity index (χ1) is 7.33. The average Bonchev–Trinajstić information content (AvgIpc) is 2.95. The summed E-state index contributed by atoms with van der Waals surface area (Å²) in [4.78, 5) is 18.9. The third-order valence-corrected chi connectivity index (χ3v) is 3.24. The number of aromatic nitrogens is 2. The molecule has 0 aromatic carbocycles. The molecule has 2 fully saturated rings. The molecule has 15 heavy (non-hydrogen) atoms. The number of hydrogen-bond donors (Lipinski definition) is 2. The van der Waals surface area contributed by atoms with Crippen molar-refractivity contribution >= 4 is 0 Å². The second-order valence-corrected chi connectivity index (χ2v) is 4.62. The first-order valence-electron chi connectivity index (χ1n) is 5.62. The van der Waals surface area contributed by atoms with E-state index >= 15 is 0 Å². The maximum Gasteiger partial charge on any atom is 0.254 e. The van der Waals surface area contributed by atoms with Gasteiger partial charge < -0.3 is 10.3 Å². The fraction of sp³-hybridized carbons (Fsp3) is 0.636. The molecule has 1 aliphatic heterocycles. The molecule has 4 heteroatoms. The van der Waals surface area contributed by atoms with Crippen molar-refractivity contribution < 1.29 is 0 Å². The summed E-state index contributed by atoms with van der Waals surface area (Å²) in [5.74, 6) is 1.98. The van der Waals surface area contributed by atoms with E-state index < -0.39 is 0 Å². The summed E-state index contributed by atoms with van der Waals surface area (Å²) in [5.41, 5.74) is 0.959. The summed E-state index contributed by atoms with van der Waals surface area (Å²) >= 11 is 0. The van der Waals surface area contributed by atoms with Crippen LogP contribution < -0.4 is 10.9 Å². The summed E-state index contributed by atoms with van der Waals surface area (Å²) in [6.45, 7) is 2.10. The number of nitrogens with zero attached hydrogens (tertiary/aromatic N) is 1. The normalized spacial score (nSPS) is 21.3. The van der Waals surface area contributed by atoms with E-state index in [1.54, 1.807) is 6.20 Å². The van der Waals surface area contributed by atoms with Gasteiger partial charge in [0.1, 0.15) is 5.82 Å². The number of hydrogen-bond acceptors (Lipinski definition) is 3. The van der Waals surface area contributed by atoms with Gasteiger partial charge in [0.2, 0.25) is 0 Å². The molecule has 80 valence electrons. The van der Waals surface area contributed by atoms with E-state index in [-0.39, 0.29) is 5.56 Å². The summed E-state index contributed by atoms with van der Waals surface area (Å²) in [5, 5.41) is 3.22. The van der Waals surface area contributed by atoms with E-state index in [0.717, 1.165) is 43.7 Å². The molecule has 1 aliphatic carbocycles. The predicted molar refractivity (Wildman–Crippen MR) is 56.9 cm³/mol. The molecule has 2 heterocycles. The average molecular weight is 205 g/mol. The molecule has 0 radical (unpaired) electrons.